The van der Waals surface area contributed by atoms with Crippen LogP contribution in [-0.2, 0) is 4.79 Å². The van der Waals surface area contributed by atoms with Gasteiger partial charge in [0.1, 0.15) is 0 Å². The zero-order valence-corrected chi connectivity index (χ0v) is 15.7. The summed E-state index contributed by atoms with van der Waals surface area (Å²) in [7, 11) is 0. The first-order chi connectivity index (χ1) is 12.0. The van der Waals surface area contributed by atoms with E-state index in [0.717, 1.165) is 52.1 Å². The topological polar surface area (TPSA) is 52.8 Å². The minimum Gasteiger partial charge on any atom is -0.369 e. The number of hydrogen-bond donors (Lipinski definition) is 1. The number of piperazine rings is 1. The van der Waals surface area contributed by atoms with Gasteiger partial charge >= 0.3 is 0 Å². The highest BCUT2D eigenvalue weighted by Gasteiger charge is 2.27. The molecule has 1 aromatic rings. The molecule has 3 rings (SSSR count). The number of rotatable bonds is 4. The van der Waals surface area contributed by atoms with Crippen LogP contribution in [0.4, 0.5) is 5.69 Å². The van der Waals surface area contributed by atoms with Crippen molar-refractivity contribution in [2.75, 3.05) is 44.2 Å². The standard InChI is InChI=1S/C20H32N4O/c1-16-4-3-5-19(14-16)23-12-10-22(11-13-23)8-7-20(25)24-9-6-18(21)15-17(24)2/h3-5,14,17-18H,6-13,15,21H2,1-2H3/t17-,18+/m1/s1. The molecule has 2 aliphatic heterocycles. The molecule has 2 aliphatic rings. The molecule has 2 saturated heterocycles. The maximum Gasteiger partial charge on any atom is 0.224 e. The molecule has 2 fully saturated rings. The van der Waals surface area contributed by atoms with E-state index in [4.69, 9.17) is 5.73 Å². The third kappa shape index (κ3) is 4.73. The van der Waals surface area contributed by atoms with Gasteiger partial charge in [-0.3, -0.25) is 9.69 Å². The Kier molecular flexibility index (Phi) is 5.97. The number of likely N-dealkylation sites (tertiary alicyclic amines) is 1. The summed E-state index contributed by atoms with van der Waals surface area (Å²) in [6.45, 7) is 10.1. The molecule has 2 heterocycles. The Morgan fingerprint density at radius 3 is 2.64 bits per heavy atom. The number of carbonyl (C=O) groups excluding carboxylic acids is 1. The Bertz CT molecular complexity index is 583. The Morgan fingerprint density at radius 2 is 1.96 bits per heavy atom. The van der Waals surface area contributed by atoms with Crippen molar-refractivity contribution in [3.63, 3.8) is 0 Å². The minimum atomic E-state index is 0.258. The van der Waals surface area contributed by atoms with E-state index in [1.165, 1.54) is 11.3 Å². The summed E-state index contributed by atoms with van der Waals surface area (Å²) in [6, 6.07) is 9.25. The molecular weight excluding hydrogens is 312 g/mol. The Balaban J connectivity index is 1.42. The van der Waals surface area contributed by atoms with Gasteiger partial charge in [-0.2, -0.15) is 0 Å². The van der Waals surface area contributed by atoms with Gasteiger partial charge in [0.25, 0.3) is 0 Å². The fraction of sp³-hybridized carbons (Fsp3) is 0.650. The lowest BCUT2D eigenvalue weighted by Gasteiger charge is -2.38. The molecule has 5 nitrogen and oxygen atoms in total. The van der Waals surface area contributed by atoms with Crippen molar-refractivity contribution in [1.82, 2.24) is 9.80 Å². The zero-order valence-electron chi connectivity index (χ0n) is 15.7. The number of nitrogens with zero attached hydrogens (tertiary/aromatic N) is 3. The third-order valence-corrected chi connectivity index (χ3v) is 5.62. The molecule has 0 aliphatic carbocycles. The van der Waals surface area contributed by atoms with Crippen LogP contribution < -0.4 is 10.6 Å². The van der Waals surface area contributed by atoms with E-state index < -0.39 is 0 Å². The first-order valence-electron chi connectivity index (χ1n) is 9.62. The Morgan fingerprint density at radius 1 is 1.20 bits per heavy atom. The van der Waals surface area contributed by atoms with Crippen LogP contribution in [0.25, 0.3) is 0 Å². The number of benzene rings is 1. The molecule has 0 bridgehead atoms. The number of aryl methyl sites for hydroxylation is 1. The van der Waals surface area contributed by atoms with Crippen LogP contribution in [0.2, 0.25) is 0 Å². The SMILES string of the molecule is Cc1cccc(N2CCN(CCC(=O)N3CC[C@H](N)C[C@H]3C)CC2)c1. The highest BCUT2D eigenvalue weighted by Crippen LogP contribution is 2.19. The second kappa shape index (κ2) is 8.19. The molecule has 1 amide bonds. The summed E-state index contributed by atoms with van der Waals surface area (Å²) in [6.07, 6.45) is 2.50. The van der Waals surface area contributed by atoms with E-state index in [2.05, 4.69) is 47.9 Å². The van der Waals surface area contributed by atoms with Crippen molar-refractivity contribution < 1.29 is 4.79 Å². The molecule has 5 heteroatoms. The van der Waals surface area contributed by atoms with E-state index in [0.29, 0.717) is 12.3 Å². The van der Waals surface area contributed by atoms with E-state index in [1.807, 2.05) is 4.90 Å². The van der Waals surface area contributed by atoms with Crippen molar-refractivity contribution in [3.8, 4) is 0 Å². The van der Waals surface area contributed by atoms with Gasteiger partial charge in [0.15, 0.2) is 0 Å². The highest BCUT2D eigenvalue weighted by molar-refractivity contribution is 5.76. The van der Waals surface area contributed by atoms with Gasteiger partial charge in [-0.1, -0.05) is 12.1 Å². The molecule has 1 aromatic carbocycles. The minimum absolute atomic E-state index is 0.258. The molecule has 2 N–H and O–H groups in total. The van der Waals surface area contributed by atoms with Crippen molar-refractivity contribution in [2.24, 2.45) is 5.73 Å². The lowest BCUT2D eigenvalue weighted by atomic mass is 9.99. The fourth-order valence-electron chi connectivity index (χ4n) is 4.03. The fourth-order valence-corrected chi connectivity index (χ4v) is 4.03. The number of hydrogen-bond acceptors (Lipinski definition) is 4. The highest BCUT2D eigenvalue weighted by atomic mass is 16.2. The van der Waals surface area contributed by atoms with E-state index in [9.17, 15) is 4.79 Å². The monoisotopic (exact) mass is 344 g/mol. The summed E-state index contributed by atoms with van der Waals surface area (Å²) in [5, 5.41) is 0. The van der Waals surface area contributed by atoms with E-state index in [1.54, 1.807) is 0 Å². The molecule has 0 unspecified atom stereocenters. The van der Waals surface area contributed by atoms with Gasteiger partial charge in [0.2, 0.25) is 5.91 Å². The van der Waals surface area contributed by atoms with Gasteiger partial charge in [-0.15, -0.1) is 0 Å². The van der Waals surface area contributed by atoms with Crippen LogP contribution in [0.5, 0.6) is 0 Å². The Hall–Kier alpha value is -1.59. The average Bonchev–Trinajstić information content (AvgIpc) is 2.60. The van der Waals surface area contributed by atoms with Crippen molar-refractivity contribution in [2.45, 2.75) is 45.2 Å². The number of anilines is 1. The number of carbonyl (C=O) groups is 1. The number of piperidine rings is 1. The van der Waals surface area contributed by atoms with Crippen LogP contribution >= 0.6 is 0 Å². The van der Waals surface area contributed by atoms with Gasteiger partial charge in [0, 0.05) is 63.5 Å². The van der Waals surface area contributed by atoms with Crippen molar-refractivity contribution >= 4 is 11.6 Å². The summed E-state index contributed by atoms with van der Waals surface area (Å²) < 4.78 is 0. The third-order valence-electron chi connectivity index (χ3n) is 5.62. The van der Waals surface area contributed by atoms with Gasteiger partial charge in [0.05, 0.1) is 0 Å². The summed E-state index contributed by atoms with van der Waals surface area (Å²) in [5.41, 5.74) is 8.62. The normalized spacial score (nSPS) is 25.2. The number of nitrogens with two attached hydrogens (primary N) is 1. The second-order valence-electron chi connectivity index (χ2n) is 7.64. The molecule has 2 atom stereocenters. The summed E-state index contributed by atoms with van der Waals surface area (Å²) >= 11 is 0. The van der Waals surface area contributed by atoms with Gasteiger partial charge < -0.3 is 15.5 Å². The predicted molar refractivity (Wildman–Crippen MR) is 103 cm³/mol. The quantitative estimate of drug-likeness (QED) is 0.906. The summed E-state index contributed by atoms with van der Waals surface area (Å²) in [5.74, 6) is 0.292. The summed E-state index contributed by atoms with van der Waals surface area (Å²) in [4.78, 5) is 19.4. The first-order valence-corrected chi connectivity index (χ1v) is 9.62. The van der Waals surface area contributed by atoms with Crippen LogP contribution in [-0.4, -0.2) is 67.1 Å². The van der Waals surface area contributed by atoms with Crippen LogP contribution in [0.3, 0.4) is 0 Å². The molecule has 0 spiro atoms. The van der Waals surface area contributed by atoms with Crippen LogP contribution in [0.1, 0.15) is 31.7 Å². The molecule has 0 radical (unpaired) electrons. The predicted octanol–water partition coefficient (Wildman–Crippen LogP) is 1.85. The van der Waals surface area contributed by atoms with Gasteiger partial charge in [-0.05, 0) is 44.4 Å². The molecule has 25 heavy (non-hydrogen) atoms. The second-order valence-corrected chi connectivity index (χ2v) is 7.64. The van der Waals surface area contributed by atoms with Gasteiger partial charge in [-0.25, -0.2) is 0 Å². The van der Waals surface area contributed by atoms with E-state index >= 15 is 0 Å². The maximum absolute atomic E-state index is 12.5. The number of amides is 1. The van der Waals surface area contributed by atoms with Crippen LogP contribution in [0.15, 0.2) is 24.3 Å². The van der Waals surface area contributed by atoms with Crippen LogP contribution in [0, 0.1) is 6.92 Å². The average molecular weight is 345 g/mol. The smallest absolute Gasteiger partial charge is 0.224 e. The molecule has 138 valence electrons. The first kappa shape index (κ1) is 18.2. The van der Waals surface area contributed by atoms with Crippen molar-refractivity contribution in [3.05, 3.63) is 29.8 Å². The van der Waals surface area contributed by atoms with Crippen molar-refractivity contribution in [1.29, 1.82) is 0 Å². The zero-order chi connectivity index (χ0) is 17.8. The molecule has 0 aromatic heterocycles. The van der Waals surface area contributed by atoms with E-state index in [-0.39, 0.29) is 12.1 Å². The lowest BCUT2D eigenvalue weighted by molar-refractivity contribution is -0.135. The molecular formula is C20H32N4O. The lowest BCUT2D eigenvalue weighted by Crippen LogP contribution is -2.50. The maximum atomic E-state index is 12.5. The largest absolute Gasteiger partial charge is 0.369 e. The Labute approximate surface area is 151 Å². The molecule has 0 saturated carbocycles.